The summed E-state index contributed by atoms with van der Waals surface area (Å²) in [5.74, 6) is 0.0565. The number of nitrogens with zero attached hydrogens (tertiary/aromatic N) is 2. The van der Waals surface area contributed by atoms with E-state index in [0.29, 0.717) is 13.0 Å². The second kappa shape index (κ2) is 13.4. The highest BCUT2D eigenvalue weighted by atomic mass is 16.4. The number of carboxylic acid groups (broad SMARTS) is 1. The minimum Gasteiger partial charge on any atom is -0.480 e. The predicted octanol–water partition coefficient (Wildman–Crippen LogP) is 4.56. The highest BCUT2D eigenvalue weighted by Crippen LogP contribution is 2.22. The molecule has 0 bridgehead atoms. The summed E-state index contributed by atoms with van der Waals surface area (Å²) < 4.78 is 0. The van der Waals surface area contributed by atoms with Crippen LogP contribution in [0.15, 0.2) is 42.5 Å². The lowest BCUT2D eigenvalue weighted by Gasteiger charge is -2.31. The Morgan fingerprint density at radius 3 is 2.58 bits per heavy atom. The predicted molar refractivity (Wildman–Crippen MR) is 142 cm³/mol. The molecule has 1 aromatic heterocycles. The molecule has 2 aliphatic rings. The van der Waals surface area contributed by atoms with E-state index in [1.54, 1.807) is 4.90 Å². The van der Waals surface area contributed by atoms with Gasteiger partial charge in [0.25, 0.3) is 0 Å². The Morgan fingerprint density at radius 1 is 1.00 bits per heavy atom. The number of aromatic nitrogens is 1. The average Bonchev–Trinajstić information content (AvgIpc) is 3.44. The van der Waals surface area contributed by atoms with Crippen molar-refractivity contribution in [2.24, 2.45) is 0 Å². The molecule has 1 saturated heterocycles. The number of benzene rings is 1. The summed E-state index contributed by atoms with van der Waals surface area (Å²) in [7, 11) is 0. The van der Waals surface area contributed by atoms with Crippen LogP contribution in [0.3, 0.4) is 0 Å². The van der Waals surface area contributed by atoms with E-state index in [-0.39, 0.29) is 11.9 Å². The summed E-state index contributed by atoms with van der Waals surface area (Å²) >= 11 is 0. The van der Waals surface area contributed by atoms with Gasteiger partial charge in [0.15, 0.2) is 0 Å². The number of hydrogen-bond donors (Lipinski definition) is 3. The van der Waals surface area contributed by atoms with E-state index in [4.69, 9.17) is 4.98 Å². The summed E-state index contributed by atoms with van der Waals surface area (Å²) in [4.78, 5) is 31.9. The lowest BCUT2D eigenvalue weighted by Crippen LogP contribution is -2.51. The molecule has 7 heteroatoms. The quantitative estimate of drug-likeness (QED) is 0.355. The fourth-order valence-electron chi connectivity index (χ4n) is 5.31. The summed E-state index contributed by atoms with van der Waals surface area (Å²) in [5.41, 5.74) is 3.42. The molecule has 2 atom stereocenters. The second-order valence-corrected chi connectivity index (χ2v) is 10.1. The van der Waals surface area contributed by atoms with Gasteiger partial charge in [-0.1, -0.05) is 62.1 Å². The first-order valence-electron chi connectivity index (χ1n) is 13.6. The van der Waals surface area contributed by atoms with E-state index in [2.05, 4.69) is 22.8 Å². The van der Waals surface area contributed by atoms with Crippen LogP contribution in [0.2, 0.25) is 0 Å². The van der Waals surface area contributed by atoms with Gasteiger partial charge in [-0.25, -0.2) is 9.78 Å². The van der Waals surface area contributed by atoms with Gasteiger partial charge in [-0.3, -0.25) is 4.79 Å². The van der Waals surface area contributed by atoms with E-state index in [9.17, 15) is 14.7 Å². The lowest BCUT2D eigenvalue weighted by molar-refractivity contribution is -0.152. The van der Waals surface area contributed by atoms with Gasteiger partial charge < -0.3 is 20.6 Å². The number of fused-ring (bicyclic) bond motifs is 1. The number of carboxylic acids is 1. The number of carbonyl (C=O) groups excluding carboxylic acids is 1. The zero-order chi connectivity index (χ0) is 25.2. The third-order valence-electron chi connectivity index (χ3n) is 7.36. The van der Waals surface area contributed by atoms with Gasteiger partial charge in [-0.05, 0) is 68.7 Å². The van der Waals surface area contributed by atoms with E-state index in [1.807, 2.05) is 30.3 Å². The minimum absolute atomic E-state index is 0.0872. The normalized spacial score (nSPS) is 17.7. The van der Waals surface area contributed by atoms with Crippen molar-refractivity contribution in [2.75, 3.05) is 18.4 Å². The van der Waals surface area contributed by atoms with Crippen molar-refractivity contribution in [1.82, 2.24) is 15.2 Å². The van der Waals surface area contributed by atoms with Crippen molar-refractivity contribution in [3.8, 4) is 0 Å². The Hall–Kier alpha value is -2.93. The Kier molecular flexibility index (Phi) is 9.73. The van der Waals surface area contributed by atoms with Crippen molar-refractivity contribution < 1.29 is 14.7 Å². The standard InChI is InChI=1S/C29H40N4O3/c34-28(25-15-10-19-30-25)33(21-22-11-5-4-6-12-22)26(29(35)36)16-8-3-1-2-7-14-24-18-17-23-13-9-20-31-27(23)32-24/h4-6,11-12,17-18,25-26,30H,1-3,7-10,13-16,19-21H2,(H,31,32)(H,35,36)/t25-,26-/m0/s1. The molecule has 1 aromatic carbocycles. The molecule has 0 unspecified atom stereocenters. The molecule has 0 saturated carbocycles. The van der Waals surface area contributed by atoms with Crippen LogP contribution in [0.25, 0.3) is 0 Å². The van der Waals surface area contributed by atoms with E-state index >= 15 is 0 Å². The van der Waals surface area contributed by atoms with E-state index in [0.717, 1.165) is 88.0 Å². The number of rotatable bonds is 13. The molecule has 194 valence electrons. The lowest BCUT2D eigenvalue weighted by atomic mass is 10.0. The molecule has 2 aromatic rings. The number of hydrogen-bond acceptors (Lipinski definition) is 5. The van der Waals surface area contributed by atoms with Crippen molar-refractivity contribution >= 4 is 17.7 Å². The number of unbranched alkanes of at least 4 members (excludes halogenated alkanes) is 4. The fourth-order valence-corrected chi connectivity index (χ4v) is 5.31. The van der Waals surface area contributed by atoms with E-state index < -0.39 is 12.0 Å². The Labute approximate surface area is 214 Å². The molecular formula is C29H40N4O3. The highest BCUT2D eigenvalue weighted by Gasteiger charge is 2.34. The molecule has 36 heavy (non-hydrogen) atoms. The van der Waals surface area contributed by atoms with Gasteiger partial charge in [0, 0.05) is 18.8 Å². The van der Waals surface area contributed by atoms with Crippen LogP contribution in [-0.2, 0) is 29.0 Å². The first-order valence-corrected chi connectivity index (χ1v) is 13.6. The first kappa shape index (κ1) is 26.1. The molecule has 0 aliphatic carbocycles. The molecule has 7 nitrogen and oxygen atoms in total. The Morgan fingerprint density at radius 2 is 1.81 bits per heavy atom. The van der Waals surface area contributed by atoms with Crippen LogP contribution in [0.4, 0.5) is 5.82 Å². The van der Waals surface area contributed by atoms with Crippen LogP contribution in [-0.4, -0.2) is 52.0 Å². The molecule has 4 rings (SSSR count). The van der Waals surface area contributed by atoms with Crippen LogP contribution in [0.5, 0.6) is 0 Å². The molecular weight excluding hydrogens is 452 g/mol. The van der Waals surface area contributed by atoms with Gasteiger partial charge in [0.2, 0.25) is 5.91 Å². The van der Waals surface area contributed by atoms with Gasteiger partial charge in [-0.2, -0.15) is 0 Å². The number of aryl methyl sites for hydroxylation is 2. The number of nitrogens with one attached hydrogen (secondary N) is 2. The third-order valence-corrected chi connectivity index (χ3v) is 7.36. The molecule has 3 heterocycles. The van der Waals surface area contributed by atoms with Crippen molar-refractivity contribution in [2.45, 2.75) is 89.3 Å². The SMILES string of the molecule is O=C(O)[C@H](CCCCCCCc1ccc2c(n1)NCCC2)N(Cc1ccccc1)C(=O)[C@@H]1CCCN1. The maximum absolute atomic E-state index is 13.3. The second-order valence-electron chi connectivity index (χ2n) is 10.1. The number of carbonyl (C=O) groups is 2. The van der Waals surface area contributed by atoms with Crippen molar-refractivity contribution in [3.63, 3.8) is 0 Å². The van der Waals surface area contributed by atoms with Crippen LogP contribution in [0, 0.1) is 0 Å². The summed E-state index contributed by atoms with van der Waals surface area (Å²) in [5, 5.41) is 16.7. The van der Waals surface area contributed by atoms with Gasteiger partial charge in [-0.15, -0.1) is 0 Å². The largest absolute Gasteiger partial charge is 0.480 e. The summed E-state index contributed by atoms with van der Waals surface area (Å²) in [6.07, 6.45) is 10.5. The molecule has 0 radical (unpaired) electrons. The van der Waals surface area contributed by atoms with Gasteiger partial charge in [0.1, 0.15) is 11.9 Å². The number of anilines is 1. The summed E-state index contributed by atoms with van der Waals surface area (Å²) in [6, 6.07) is 13.0. The van der Waals surface area contributed by atoms with E-state index in [1.165, 1.54) is 12.0 Å². The number of amides is 1. The smallest absolute Gasteiger partial charge is 0.326 e. The highest BCUT2D eigenvalue weighted by molar-refractivity contribution is 5.87. The van der Waals surface area contributed by atoms with Crippen molar-refractivity contribution in [1.29, 1.82) is 0 Å². The van der Waals surface area contributed by atoms with Gasteiger partial charge >= 0.3 is 5.97 Å². The molecule has 0 spiro atoms. The van der Waals surface area contributed by atoms with Crippen LogP contribution < -0.4 is 10.6 Å². The molecule has 3 N–H and O–H groups in total. The monoisotopic (exact) mass is 492 g/mol. The maximum atomic E-state index is 13.3. The fraction of sp³-hybridized carbons (Fsp3) is 0.552. The van der Waals surface area contributed by atoms with Gasteiger partial charge in [0.05, 0.1) is 6.04 Å². The third kappa shape index (κ3) is 7.29. The molecule has 1 fully saturated rings. The van der Waals surface area contributed by atoms with Crippen molar-refractivity contribution in [3.05, 3.63) is 59.3 Å². The average molecular weight is 493 g/mol. The van der Waals surface area contributed by atoms with Crippen LogP contribution >= 0.6 is 0 Å². The topological polar surface area (TPSA) is 94.6 Å². The maximum Gasteiger partial charge on any atom is 0.326 e. The minimum atomic E-state index is -0.913. The Balaban J connectivity index is 1.24. The molecule has 2 aliphatic heterocycles. The Bertz CT molecular complexity index is 991. The number of aliphatic carboxylic acids is 1. The zero-order valence-corrected chi connectivity index (χ0v) is 21.3. The zero-order valence-electron chi connectivity index (χ0n) is 21.3. The first-order chi connectivity index (χ1) is 17.6. The molecule has 1 amide bonds. The number of pyridine rings is 1. The summed E-state index contributed by atoms with van der Waals surface area (Å²) in [6.45, 7) is 2.15. The van der Waals surface area contributed by atoms with Crippen LogP contribution in [0.1, 0.15) is 74.6 Å².